The van der Waals surface area contributed by atoms with Gasteiger partial charge in [-0.25, -0.2) is 0 Å². The fourth-order valence-electron chi connectivity index (χ4n) is 7.00. The molecule has 9 rings (SSSR count). The van der Waals surface area contributed by atoms with Crippen LogP contribution >= 0.6 is 0 Å². The van der Waals surface area contributed by atoms with Crippen molar-refractivity contribution >= 4 is 60.2 Å². The summed E-state index contributed by atoms with van der Waals surface area (Å²) in [7, 11) is 0. The van der Waals surface area contributed by atoms with E-state index in [1.165, 1.54) is 65.3 Å². The predicted octanol–water partition coefficient (Wildman–Crippen LogP) is 13.1. The summed E-state index contributed by atoms with van der Waals surface area (Å²) in [5.74, 6) is 0. The molecule has 0 N–H and O–H groups in total. The van der Waals surface area contributed by atoms with E-state index in [9.17, 15) is 0 Å². The molecule has 0 amide bonds. The first-order valence-corrected chi connectivity index (χ1v) is 16.2. The number of anilines is 3. The lowest BCUT2D eigenvalue weighted by molar-refractivity contribution is 1.29. The molecule has 1 nitrogen and oxygen atoms in total. The highest BCUT2D eigenvalue weighted by Gasteiger charge is 2.14. The second kappa shape index (κ2) is 11.3. The maximum Gasteiger partial charge on any atom is 0.0468 e. The monoisotopic (exact) mass is 597 g/mol. The molecular weight excluding hydrogens is 567 g/mol. The Kier molecular flexibility index (Phi) is 6.54. The first-order valence-electron chi connectivity index (χ1n) is 16.2. The number of nitrogens with zero attached hydrogens (tertiary/aromatic N) is 1. The molecule has 0 saturated carbocycles. The Labute approximate surface area is 274 Å². The van der Waals surface area contributed by atoms with Gasteiger partial charge in [0.05, 0.1) is 0 Å². The summed E-state index contributed by atoms with van der Waals surface area (Å²) in [6.45, 7) is 0. The zero-order valence-corrected chi connectivity index (χ0v) is 25.8. The van der Waals surface area contributed by atoms with Crippen LogP contribution in [0.25, 0.3) is 65.3 Å². The Morgan fingerprint density at radius 1 is 0.255 bits per heavy atom. The van der Waals surface area contributed by atoms with Crippen LogP contribution in [0.1, 0.15) is 0 Å². The van der Waals surface area contributed by atoms with Gasteiger partial charge in [0.15, 0.2) is 0 Å². The van der Waals surface area contributed by atoms with Crippen molar-refractivity contribution in [2.75, 3.05) is 4.90 Å². The van der Waals surface area contributed by atoms with E-state index < -0.39 is 0 Å². The van der Waals surface area contributed by atoms with Crippen LogP contribution in [0.4, 0.5) is 17.1 Å². The van der Waals surface area contributed by atoms with E-state index in [4.69, 9.17) is 0 Å². The van der Waals surface area contributed by atoms with E-state index >= 15 is 0 Å². The minimum absolute atomic E-state index is 1.12. The number of hydrogen-bond donors (Lipinski definition) is 0. The number of benzene rings is 9. The van der Waals surface area contributed by atoms with E-state index in [1.807, 2.05) is 0 Å². The highest BCUT2D eigenvalue weighted by atomic mass is 15.1. The summed E-state index contributed by atoms with van der Waals surface area (Å²) < 4.78 is 0. The number of hydrogen-bond acceptors (Lipinski definition) is 1. The zero-order valence-electron chi connectivity index (χ0n) is 25.8. The van der Waals surface area contributed by atoms with E-state index in [1.54, 1.807) is 0 Å². The Balaban J connectivity index is 1.14. The molecule has 0 aliphatic carbocycles. The predicted molar refractivity (Wildman–Crippen MR) is 202 cm³/mol. The van der Waals surface area contributed by atoms with Crippen LogP contribution in [0.5, 0.6) is 0 Å². The average Bonchev–Trinajstić information content (AvgIpc) is 3.15. The lowest BCUT2D eigenvalue weighted by Crippen LogP contribution is -2.09. The van der Waals surface area contributed by atoms with Gasteiger partial charge < -0.3 is 4.90 Å². The zero-order chi connectivity index (χ0) is 31.2. The van der Waals surface area contributed by atoms with Gasteiger partial charge in [-0.05, 0) is 108 Å². The molecule has 9 aromatic carbocycles. The van der Waals surface area contributed by atoms with Crippen molar-refractivity contribution in [3.8, 4) is 22.3 Å². The highest BCUT2D eigenvalue weighted by molar-refractivity contribution is 6.20. The molecule has 0 aromatic heterocycles. The molecule has 220 valence electrons. The van der Waals surface area contributed by atoms with Gasteiger partial charge in [0.2, 0.25) is 0 Å². The minimum atomic E-state index is 1.12. The van der Waals surface area contributed by atoms with E-state index in [0.717, 1.165) is 17.1 Å². The lowest BCUT2D eigenvalue weighted by atomic mass is 9.94. The van der Waals surface area contributed by atoms with Crippen LogP contribution in [-0.4, -0.2) is 0 Å². The van der Waals surface area contributed by atoms with Crippen molar-refractivity contribution < 1.29 is 0 Å². The summed E-state index contributed by atoms with van der Waals surface area (Å²) in [6, 6.07) is 68.3. The van der Waals surface area contributed by atoms with Gasteiger partial charge in [0, 0.05) is 17.1 Å². The molecule has 0 fully saturated rings. The van der Waals surface area contributed by atoms with E-state index in [2.05, 4.69) is 193 Å². The third kappa shape index (κ3) is 4.90. The fourth-order valence-corrected chi connectivity index (χ4v) is 7.00. The molecule has 0 saturated heterocycles. The van der Waals surface area contributed by atoms with Crippen molar-refractivity contribution in [3.63, 3.8) is 0 Å². The summed E-state index contributed by atoms with van der Waals surface area (Å²) in [5.41, 5.74) is 8.22. The van der Waals surface area contributed by atoms with Crippen LogP contribution in [0.2, 0.25) is 0 Å². The molecule has 47 heavy (non-hydrogen) atoms. The van der Waals surface area contributed by atoms with Gasteiger partial charge in [-0.2, -0.15) is 0 Å². The van der Waals surface area contributed by atoms with Gasteiger partial charge in [-0.15, -0.1) is 0 Å². The molecule has 0 aliphatic heterocycles. The fraction of sp³-hybridized carbons (Fsp3) is 0. The van der Waals surface area contributed by atoms with E-state index in [-0.39, 0.29) is 0 Å². The molecule has 0 radical (unpaired) electrons. The molecule has 0 spiro atoms. The standard InChI is InChI=1S/C46H31N/c1-2-8-32(9-3-1)34-20-25-41(26-21-34)47(43-29-24-33-10-4-5-12-39(33)30-43)42-27-22-35(23-28-42)40-19-16-37-15-18-38-17-14-36-11-6-7-13-44(36)46(38)45(37)31-40/h1-31H. The summed E-state index contributed by atoms with van der Waals surface area (Å²) >= 11 is 0. The number of fused-ring (bicyclic) bond motifs is 6. The molecule has 0 heterocycles. The molecule has 9 aromatic rings. The molecule has 0 aliphatic rings. The van der Waals surface area contributed by atoms with Crippen molar-refractivity contribution in [1.82, 2.24) is 0 Å². The van der Waals surface area contributed by atoms with Crippen LogP contribution in [-0.2, 0) is 0 Å². The average molecular weight is 598 g/mol. The largest absolute Gasteiger partial charge is 0.310 e. The Morgan fingerprint density at radius 2 is 0.723 bits per heavy atom. The van der Waals surface area contributed by atoms with Crippen LogP contribution < -0.4 is 4.90 Å². The van der Waals surface area contributed by atoms with Crippen LogP contribution in [0, 0.1) is 0 Å². The van der Waals surface area contributed by atoms with Crippen molar-refractivity contribution in [3.05, 3.63) is 188 Å². The normalized spacial score (nSPS) is 11.4. The second-order valence-corrected chi connectivity index (χ2v) is 12.2. The third-order valence-corrected chi connectivity index (χ3v) is 9.41. The summed E-state index contributed by atoms with van der Waals surface area (Å²) in [5, 5.41) is 10.2. The van der Waals surface area contributed by atoms with Crippen molar-refractivity contribution in [2.24, 2.45) is 0 Å². The Bertz CT molecular complexity index is 2540. The first kappa shape index (κ1) is 27.2. The quantitative estimate of drug-likeness (QED) is 0.178. The highest BCUT2D eigenvalue weighted by Crippen LogP contribution is 2.39. The Hall–Kier alpha value is -6.18. The SMILES string of the molecule is c1ccc(-c2ccc(N(c3ccc(-c4ccc5ccc6ccc7ccccc7c6c5c4)cc3)c3ccc4ccccc4c3)cc2)cc1. The smallest absolute Gasteiger partial charge is 0.0468 e. The van der Waals surface area contributed by atoms with Gasteiger partial charge in [0.25, 0.3) is 0 Å². The molecule has 0 atom stereocenters. The van der Waals surface area contributed by atoms with Gasteiger partial charge in [0.1, 0.15) is 0 Å². The maximum atomic E-state index is 2.36. The van der Waals surface area contributed by atoms with Gasteiger partial charge >= 0.3 is 0 Å². The van der Waals surface area contributed by atoms with Gasteiger partial charge in [-0.3, -0.25) is 0 Å². The van der Waals surface area contributed by atoms with Crippen LogP contribution in [0.15, 0.2) is 188 Å². The molecule has 1 heteroatoms. The topological polar surface area (TPSA) is 3.24 Å². The van der Waals surface area contributed by atoms with E-state index in [0.29, 0.717) is 0 Å². The Morgan fingerprint density at radius 3 is 1.45 bits per heavy atom. The third-order valence-electron chi connectivity index (χ3n) is 9.41. The minimum Gasteiger partial charge on any atom is -0.310 e. The first-order chi connectivity index (χ1) is 23.3. The lowest BCUT2D eigenvalue weighted by Gasteiger charge is -2.26. The van der Waals surface area contributed by atoms with Crippen LogP contribution in [0.3, 0.4) is 0 Å². The maximum absolute atomic E-state index is 2.36. The van der Waals surface area contributed by atoms with Gasteiger partial charge in [-0.1, -0.05) is 146 Å². The summed E-state index contributed by atoms with van der Waals surface area (Å²) in [4.78, 5) is 2.35. The molecule has 0 bridgehead atoms. The number of rotatable bonds is 5. The molecular formula is C46H31N. The second-order valence-electron chi connectivity index (χ2n) is 12.2. The summed E-state index contributed by atoms with van der Waals surface area (Å²) in [6.07, 6.45) is 0. The van der Waals surface area contributed by atoms with Crippen molar-refractivity contribution in [1.29, 1.82) is 0 Å². The molecule has 0 unspecified atom stereocenters. The van der Waals surface area contributed by atoms with Crippen molar-refractivity contribution in [2.45, 2.75) is 0 Å².